The van der Waals surface area contributed by atoms with Crippen molar-refractivity contribution in [2.24, 2.45) is 29.6 Å². The first-order valence-electron chi connectivity index (χ1n) is 43.9. The molecule has 5 unspecified atom stereocenters. The van der Waals surface area contributed by atoms with Crippen LogP contribution in [-0.4, -0.2) is 138 Å². The molecule has 0 bridgehead atoms. The first-order chi connectivity index (χ1) is 55.7. The first kappa shape index (κ1) is 97.9. The van der Waals surface area contributed by atoms with E-state index in [9.17, 15) is 9.59 Å². The van der Waals surface area contributed by atoms with Crippen molar-refractivity contribution in [3.63, 3.8) is 0 Å². The van der Waals surface area contributed by atoms with E-state index in [0.717, 1.165) is 29.6 Å². The van der Waals surface area contributed by atoms with E-state index in [1.807, 2.05) is 22.7 Å². The molecular formula is C99H133ClO2S6Se5Sn3. The van der Waals surface area contributed by atoms with Gasteiger partial charge in [-0.05, 0) is 22.9 Å². The topological polar surface area (TPSA) is 34.1 Å². The van der Waals surface area contributed by atoms with Gasteiger partial charge in [0, 0.05) is 11.1 Å². The third kappa shape index (κ3) is 26.7. The normalized spacial score (nSPS) is 13.7. The Morgan fingerprint density at radius 1 is 0.345 bits per heavy atom. The Morgan fingerprint density at radius 2 is 0.629 bits per heavy atom. The van der Waals surface area contributed by atoms with Crippen molar-refractivity contribution in [3.8, 4) is 40.0 Å². The molecule has 1 aliphatic carbocycles. The number of halogens is 1. The summed E-state index contributed by atoms with van der Waals surface area (Å²) in [5.41, 5.74) is 7.50. The molecule has 5 atom stereocenters. The van der Waals surface area contributed by atoms with E-state index >= 15 is 0 Å². The number of unbranched alkanes of at least 4 members (excludes halogenated alkanes) is 5. The molecule has 0 N–H and O–H groups in total. The molecule has 116 heavy (non-hydrogen) atoms. The fraction of sp³-hybridized carbons (Fsp3) is 0.495. The monoisotopic (exact) mass is 2340 g/mol. The van der Waals surface area contributed by atoms with Gasteiger partial charge in [0.15, 0.2) is 0 Å². The van der Waals surface area contributed by atoms with Crippen LogP contribution < -0.4 is 5.79 Å². The zero-order valence-corrected chi connectivity index (χ0v) is 96.2. The summed E-state index contributed by atoms with van der Waals surface area (Å²) in [6.45, 7) is 23.5. The van der Waals surface area contributed by atoms with Crippen LogP contribution in [0, 0.1) is 29.6 Å². The minimum atomic E-state index is -2.29. The van der Waals surface area contributed by atoms with Crippen LogP contribution in [0.25, 0.3) is 80.3 Å². The van der Waals surface area contributed by atoms with Gasteiger partial charge < -0.3 is 0 Å². The number of carbonyl (C=O) groups is 2. The van der Waals surface area contributed by atoms with Crippen LogP contribution in [0.5, 0.6) is 0 Å². The van der Waals surface area contributed by atoms with Gasteiger partial charge in [0.25, 0.3) is 0 Å². The Bertz CT molecular complexity index is 4740. The zero-order chi connectivity index (χ0) is 83.4. The van der Waals surface area contributed by atoms with Crippen LogP contribution in [0.4, 0.5) is 0 Å². The second-order valence-electron chi connectivity index (χ2n) is 35.3. The molecule has 0 spiro atoms. The van der Waals surface area contributed by atoms with Crippen LogP contribution in [0.1, 0.15) is 250 Å². The van der Waals surface area contributed by atoms with Gasteiger partial charge in [-0.25, -0.2) is 0 Å². The van der Waals surface area contributed by atoms with Gasteiger partial charge >= 0.3 is 694 Å². The molecule has 14 rings (SSSR count). The molecule has 11 aromatic heterocycles. The summed E-state index contributed by atoms with van der Waals surface area (Å²) >= 11 is 7.16. The summed E-state index contributed by atoms with van der Waals surface area (Å²) in [4.78, 5) is 49.4. The number of rotatable bonds is 36. The first-order valence-corrected chi connectivity index (χ1v) is 90.0. The number of carbonyl (C=O) groups excluding carboxylic acids is 2. The molecule has 2 aromatic carbocycles. The molecule has 0 fully saturated rings. The van der Waals surface area contributed by atoms with Gasteiger partial charge in [-0.1, -0.05) is 0 Å². The summed E-state index contributed by atoms with van der Waals surface area (Å²) in [6, 6.07) is 38.4. The molecule has 17 heteroatoms. The van der Waals surface area contributed by atoms with Gasteiger partial charge in [-0.2, -0.15) is 0 Å². The van der Waals surface area contributed by atoms with E-state index in [4.69, 9.17) is 8.92 Å². The van der Waals surface area contributed by atoms with Crippen molar-refractivity contribution in [1.82, 2.24) is 0 Å². The number of benzene rings is 2. The Morgan fingerprint density at radius 3 is 0.897 bits per heavy atom. The van der Waals surface area contributed by atoms with Crippen LogP contribution >= 0.6 is 76.9 Å². The molecule has 2 nitrogen and oxygen atoms in total. The van der Waals surface area contributed by atoms with E-state index in [-0.39, 0.29) is 11.6 Å². The average Bonchev–Trinajstić information content (AvgIpc) is 1.57. The van der Waals surface area contributed by atoms with Crippen molar-refractivity contribution in [3.05, 3.63) is 167 Å². The quantitative estimate of drug-likeness (QED) is 0.0367. The fourth-order valence-corrected chi connectivity index (χ4v) is 44.6. The van der Waals surface area contributed by atoms with Crippen LogP contribution in [0.3, 0.4) is 0 Å². The average molecular weight is 2330 g/mol. The van der Waals surface area contributed by atoms with Crippen LogP contribution in [0.15, 0.2) is 124 Å². The Labute approximate surface area is 770 Å². The van der Waals surface area contributed by atoms with Gasteiger partial charge in [-0.15, -0.1) is 22.7 Å². The predicted octanol–water partition coefficient (Wildman–Crippen LogP) is 31.4. The van der Waals surface area contributed by atoms with Gasteiger partial charge in [0.1, 0.15) is 0 Å². The summed E-state index contributed by atoms with van der Waals surface area (Å²) in [5.74, 6) is 4.34. The minimum absolute atomic E-state index is 0.00847. The van der Waals surface area contributed by atoms with E-state index in [2.05, 4.69) is 237 Å². The third-order valence-electron chi connectivity index (χ3n) is 22.9. The SMILES string of the molecule is CCCCC(CC)Cc1ccc(-c2c3c[c]([Sn]([CH3])([CH3])[CH3])sc3c(-c3ccc(CC(CC)CCCC)[se]3)c3c[c]([Sn]([CH3])([CH3])[CH3])sc23)[se]1.CCCCC(CC)Cc1ccc(-c2c3ccsc3c(-c3ccc(CC(CC)CCCC)[se]3)c3ccsc23)[se]1.CCCCC(CC)Cc1ccc[se]1.O=C1c2ccsc2C(=O)c2ccsc21.[CH3][Sn]([CH3])([CH3])[Cl]. The number of ketones is 2. The standard InChI is InChI=1S/C34H42S2Se2.C34H40S2Se2.C12H20Se.C10H4O2S2.9CH3.ClH.3Sn/c2*1-5-9-11-23(7-3)21-25-13-15-29(37-25)31-27-17-19-36-34(27)32(28-18-20-35-33(28)31)30-16-14-26(38-30)22-24(8-4)12-10-6-2;1-3-5-7-11(4-2)10-12-8-6-9-13-12;11-7-5-1-3-13-9(5)8(12)6-2-4-14-10(6)7;;;;;;;;;;;;;/h13-20,23-24H,5-12,21-22H2,1-4H3;13-18,23-24H,5-12,21-22H2,1-4H3;6,8-9,11H,3-5,7,10H2,1-2H3;1-4H;9*1H3;1H;;;/q;;;;;;;;;;;;;;;;+1/p-1. The van der Waals surface area contributed by atoms with E-state index < -0.39 is 54.0 Å². The Kier molecular flexibility index (Phi) is 40.1. The molecule has 0 saturated heterocycles. The predicted molar refractivity (Wildman–Crippen MR) is 543 cm³/mol. The fourth-order valence-electron chi connectivity index (χ4n) is 15.8. The second kappa shape index (κ2) is 47.5. The van der Waals surface area contributed by atoms with Gasteiger partial charge in [0.2, 0.25) is 11.6 Å². The number of hydrogen-bond acceptors (Lipinski definition) is 8. The molecule has 0 aliphatic heterocycles. The zero-order valence-electron chi connectivity index (χ0n) is 73.4. The molecule has 1 aliphatic rings. The summed E-state index contributed by atoms with van der Waals surface area (Å²) < 4.78 is 24.9. The van der Waals surface area contributed by atoms with E-state index in [0.29, 0.717) is 93.4 Å². The molecule has 0 radical (unpaired) electrons. The molecule has 13 aromatic rings. The summed E-state index contributed by atoms with van der Waals surface area (Å²) in [5, 5.41) is 14.5. The number of fused-ring (bicyclic) bond motifs is 6. The molecular weight excluding hydrogens is 2200 g/mol. The molecule has 626 valence electrons. The molecule has 0 amide bonds. The Balaban J connectivity index is 0.000000179. The summed E-state index contributed by atoms with van der Waals surface area (Å²) in [7, 11) is 5.74. The van der Waals surface area contributed by atoms with E-state index in [1.165, 1.54) is 203 Å². The van der Waals surface area contributed by atoms with Crippen LogP contribution in [-0.2, 0) is 32.1 Å². The van der Waals surface area contributed by atoms with Gasteiger partial charge in [0.05, 0.1) is 9.75 Å². The van der Waals surface area contributed by atoms with Crippen LogP contribution in [0.2, 0.25) is 44.5 Å². The van der Waals surface area contributed by atoms with Crippen molar-refractivity contribution in [2.45, 2.75) is 274 Å². The van der Waals surface area contributed by atoms with Crippen molar-refractivity contribution in [2.75, 3.05) is 0 Å². The molecule has 0 saturated carbocycles. The number of hydrogen-bond donors (Lipinski definition) is 0. The second-order valence-corrected chi connectivity index (χ2v) is 103. The van der Waals surface area contributed by atoms with Crippen molar-refractivity contribution in [1.29, 1.82) is 0 Å². The summed E-state index contributed by atoms with van der Waals surface area (Å²) in [6.07, 6.45) is 33.7. The maximum atomic E-state index is 11.8. The van der Waals surface area contributed by atoms with Crippen molar-refractivity contribution >= 4 is 261 Å². The third-order valence-corrected chi connectivity index (χ3v) is 59.0. The number of thiophene rings is 6. The van der Waals surface area contributed by atoms with Gasteiger partial charge in [-0.3, -0.25) is 9.59 Å². The molecule has 11 heterocycles. The van der Waals surface area contributed by atoms with Crippen molar-refractivity contribution < 1.29 is 9.59 Å². The van der Waals surface area contributed by atoms with E-state index in [1.54, 1.807) is 111 Å². The maximum absolute atomic E-state index is 11.8. The Hall–Kier alpha value is -0.296.